The Hall–Kier alpha value is -3.28. The predicted octanol–water partition coefficient (Wildman–Crippen LogP) is 3.55. The normalized spacial score (nSPS) is 10.5. The second kappa shape index (κ2) is 8.40. The Bertz CT molecular complexity index is 907. The molecule has 0 saturated heterocycles. The number of pyridine rings is 1. The summed E-state index contributed by atoms with van der Waals surface area (Å²) in [5.41, 5.74) is 4.76. The number of nitrogens with zero attached hydrogens (tertiary/aromatic N) is 4. The zero-order valence-electron chi connectivity index (χ0n) is 15.8. The third-order valence-electron chi connectivity index (χ3n) is 4.45. The maximum Gasteiger partial charge on any atom is 0.272 e. The summed E-state index contributed by atoms with van der Waals surface area (Å²) in [4.78, 5) is 26.8. The summed E-state index contributed by atoms with van der Waals surface area (Å²) in [7, 11) is 1.78. The highest BCUT2D eigenvalue weighted by molar-refractivity contribution is 5.92. The molecule has 1 aromatic carbocycles. The number of aryl methyl sites for hydroxylation is 2. The van der Waals surface area contributed by atoms with Gasteiger partial charge in [-0.25, -0.2) is 9.97 Å². The molecule has 0 aliphatic rings. The summed E-state index contributed by atoms with van der Waals surface area (Å²) in [6.45, 7) is 4.68. The van der Waals surface area contributed by atoms with E-state index in [0.29, 0.717) is 18.1 Å². The molecule has 3 rings (SSSR count). The number of benzene rings is 1. The molecular formula is C21H23N5O. The average Bonchev–Trinajstić information content (AvgIpc) is 2.69. The molecule has 27 heavy (non-hydrogen) atoms. The largest absolute Gasteiger partial charge is 0.340 e. The van der Waals surface area contributed by atoms with Crippen molar-refractivity contribution in [3.8, 4) is 0 Å². The first-order valence-corrected chi connectivity index (χ1v) is 8.84. The second-order valence-corrected chi connectivity index (χ2v) is 6.51. The molecule has 2 aromatic heterocycles. The Labute approximate surface area is 159 Å². The van der Waals surface area contributed by atoms with Gasteiger partial charge < -0.3 is 10.2 Å². The van der Waals surface area contributed by atoms with Crippen LogP contribution in [0.5, 0.6) is 0 Å². The molecule has 138 valence electrons. The highest BCUT2D eigenvalue weighted by atomic mass is 16.2. The molecule has 1 amide bonds. The van der Waals surface area contributed by atoms with Crippen molar-refractivity contribution in [3.63, 3.8) is 0 Å². The molecule has 0 fully saturated rings. The molecule has 2 heterocycles. The van der Waals surface area contributed by atoms with E-state index in [1.54, 1.807) is 30.4 Å². The number of likely N-dealkylation sites (N-methyl/N-ethyl adjacent to an activating group) is 1. The molecular weight excluding hydrogens is 338 g/mol. The van der Waals surface area contributed by atoms with Crippen molar-refractivity contribution in [1.82, 2.24) is 19.9 Å². The minimum atomic E-state index is -0.129. The van der Waals surface area contributed by atoms with Crippen molar-refractivity contribution < 1.29 is 4.79 Å². The van der Waals surface area contributed by atoms with E-state index in [1.165, 1.54) is 6.33 Å². The van der Waals surface area contributed by atoms with Gasteiger partial charge in [0, 0.05) is 37.7 Å². The SMILES string of the molecule is Cc1cccc(C)c1Nc1cc(C(=O)N(C)CCc2ccncc2)ncn1. The van der Waals surface area contributed by atoms with Gasteiger partial charge in [-0.3, -0.25) is 9.78 Å². The average molecular weight is 361 g/mol. The van der Waals surface area contributed by atoms with E-state index in [9.17, 15) is 4.79 Å². The fourth-order valence-electron chi connectivity index (χ4n) is 2.83. The number of hydrogen-bond donors (Lipinski definition) is 1. The minimum Gasteiger partial charge on any atom is -0.340 e. The Morgan fingerprint density at radius 1 is 1.07 bits per heavy atom. The lowest BCUT2D eigenvalue weighted by molar-refractivity contribution is 0.0790. The molecule has 0 bridgehead atoms. The molecule has 6 heteroatoms. The van der Waals surface area contributed by atoms with Crippen molar-refractivity contribution in [2.24, 2.45) is 0 Å². The van der Waals surface area contributed by atoms with Crippen LogP contribution >= 0.6 is 0 Å². The van der Waals surface area contributed by atoms with Crippen molar-refractivity contribution in [3.05, 3.63) is 77.5 Å². The van der Waals surface area contributed by atoms with Crippen LogP contribution in [0.2, 0.25) is 0 Å². The van der Waals surface area contributed by atoms with Crippen LogP contribution in [0.3, 0.4) is 0 Å². The minimum absolute atomic E-state index is 0.129. The van der Waals surface area contributed by atoms with Crippen LogP contribution in [0, 0.1) is 13.8 Å². The Balaban J connectivity index is 1.69. The van der Waals surface area contributed by atoms with E-state index in [4.69, 9.17) is 0 Å². The lowest BCUT2D eigenvalue weighted by Crippen LogP contribution is -2.29. The highest BCUT2D eigenvalue weighted by Gasteiger charge is 2.14. The predicted molar refractivity (Wildman–Crippen MR) is 106 cm³/mol. The van der Waals surface area contributed by atoms with E-state index >= 15 is 0 Å². The lowest BCUT2D eigenvalue weighted by Gasteiger charge is -2.17. The molecule has 0 radical (unpaired) electrons. The van der Waals surface area contributed by atoms with Crippen molar-refractivity contribution >= 4 is 17.4 Å². The first-order valence-electron chi connectivity index (χ1n) is 8.84. The van der Waals surface area contributed by atoms with Crippen LogP contribution in [0.4, 0.5) is 11.5 Å². The Kier molecular flexibility index (Phi) is 5.76. The summed E-state index contributed by atoms with van der Waals surface area (Å²) in [5.74, 6) is 0.476. The molecule has 0 atom stereocenters. The van der Waals surface area contributed by atoms with Crippen molar-refractivity contribution in [1.29, 1.82) is 0 Å². The number of nitrogens with one attached hydrogen (secondary N) is 1. The summed E-state index contributed by atoms with van der Waals surface area (Å²) < 4.78 is 0. The quantitative estimate of drug-likeness (QED) is 0.727. The van der Waals surface area contributed by atoms with Gasteiger partial charge in [0.1, 0.15) is 17.8 Å². The van der Waals surface area contributed by atoms with E-state index in [-0.39, 0.29) is 5.91 Å². The first-order chi connectivity index (χ1) is 13.0. The molecule has 0 saturated carbocycles. The number of amides is 1. The van der Waals surface area contributed by atoms with Gasteiger partial charge in [0.15, 0.2) is 0 Å². The van der Waals surface area contributed by atoms with E-state index in [1.807, 2.05) is 44.2 Å². The number of para-hydroxylation sites is 1. The van der Waals surface area contributed by atoms with Crippen LogP contribution in [-0.4, -0.2) is 39.4 Å². The van der Waals surface area contributed by atoms with Gasteiger partial charge in [-0.05, 0) is 49.1 Å². The van der Waals surface area contributed by atoms with Gasteiger partial charge in [-0.15, -0.1) is 0 Å². The van der Waals surface area contributed by atoms with E-state index in [2.05, 4.69) is 20.3 Å². The molecule has 0 spiro atoms. The van der Waals surface area contributed by atoms with Gasteiger partial charge in [-0.1, -0.05) is 18.2 Å². The van der Waals surface area contributed by atoms with Crippen LogP contribution < -0.4 is 5.32 Å². The van der Waals surface area contributed by atoms with Gasteiger partial charge >= 0.3 is 0 Å². The maximum absolute atomic E-state index is 12.7. The van der Waals surface area contributed by atoms with Crippen molar-refractivity contribution in [2.75, 3.05) is 18.9 Å². The standard InChI is InChI=1S/C21H23N5O/c1-15-5-4-6-16(2)20(15)25-19-13-18(23-14-24-19)21(27)26(3)12-9-17-7-10-22-11-8-17/h4-8,10-11,13-14H,9,12H2,1-3H3,(H,23,24,25). The molecule has 6 nitrogen and oxygen atoms in total. The Morgan fingerprint density at radius 2 is 1.78 bits per heavy atom. The summed E-state index contributed by atoms with van der Waals surface area (Å²) >= 11 is 0. The number of rotatable bonds is 6. The van der Waals surface area contributed by atoms with Gasteiger partial charge in [-0.2, -0.15) is 0 Å². The third-order valence-corrected chi connectivity index (χ3v) is 4.45. The zero-order valence-corrected chi connectivity index (χ0v) is 15.8. The number of carbonyl (C=O) groups is 1. The lowest BCUT2D eigenvalue weighted by atomic mass is 10.1. The molecule has 0 unspecified atom stereocenters. The van der Waals surface area contributed by atoms with Gasteiger partial charge in [0.2, 0.25) is 0 Å². The van der Waals surface area contributed by atoms with E-state index in [0.717, 1.165) is 28.8 Å². The molecule has 3 aromatic rings. The van der Waals surface area contributed by atoms with Crippen molar-refractivity contribution in [2.45, 2.75) is 20.3 Å². The number of anilines is 2. The zero-order chi connectivity index (χ0) is 19.2. The highest BCUT2D eigenvalue weighted by Crippen LogP contribution is 2.23. The number of aromatic nitrogens is 3. The van der Waals surface area contributed by atoms with Crippen LogP contribution in [0.25, 0.3) is 0 Å². The number of carbonyl (C=O) groups excluding carboxylic acids is 1. The topological polar surface area (TPSA) is 71.0 Å². The maximum atomic E-state index is 12.7. The summed E-state index contributed by atoms with van der Waals surface area (Å²) in [6.07, 6.45) is 5.70. The van der Waals surface area contributed by atoms with Crippen LogP contribution in [-0.2, 0) is 6.42 Å². The molecule has 0 aliphatic heterocycles. The second-order valence-electron chi connectivity index (χ2n) is 6.51. The molecule has 1 N–H and O–H groups in total. The van der Waals surface area contributed by atoms with Crippen LogP contribution in [0.15, 0.2) is 55.1 Å². The Morgan fingerprint density at radius 3 is 2.48 bits per heavy atom. The number of hydrogen-bond acceptors (Lipinski definition) is 5. The van der Waals surface area contributed by atoms with E-state index < -0.39 is 0 Å². The third kappa shape index (κ3) is 4.67. The summed E-state index contributed by atoms with van der Waals surface area (Å²) in [6, 6.07) is 11.7. The molecule has 0 aliphatic carbocycles. The van der Waals surface area contributed by atoms with Crippen LogP contribution in [0.1, 0.15) is 27.2 Å². The van der Waals surface area contributed by atoms with Gasteiger partial charge in [0.05, 0.1) is 0 Å². The monoisotopic (exact) mass is 361 g/mol. The fourth-order valence-corrected chi connectivity index (χ4v) is 2.83. The van der Waals surface area contributed by atoms with Gasteiger partial charge in [0.25, 0.3) is 5.91 Å². The smallest absolute Gasteiger partial charge is 0.272 e. The fraction of sp³-hybridized carbons (Fsp3) is 0.238. The first kappa shape index (κ1) is 18.5. The summed E-state index contributed by atoms with van der Waals surface area (Å²) in [5, 5.41) is 3.30.